The van der Waals surface area contributed by atoms with Crippen molar-refractivity contribution < 1.29 is 4.79 Å². The van der Waals surface area contributed by atoms with E-state index in [0.717, 1.165) is 12.1 Å². The zero-order valence-electron chi connectivity index (χ0n) is 9.98. The van der Waals surface area contributed by atoms with E-state index < -0.39 is 0 Å². The fraction of sp³-hybridized carbons (Fsp3) is 0.133. The van der Waals surface area contributed by atoms with E-state index in [1.165, 1.54) is 22.3 Å². The summed E-state index contributed by atoms with van der Waals surface area (Å²) in [5, 5.41) is 0. The second-order valence-corrected chi connectivity index (χ2v) is 5.44. The van der Waals surface area contributed by atoms with Crippen LogP contribution in [0.4, 0.5) is 5.69 Å². The van der Waals surface area contributed by atoms with Gasteiger partial charge < -0.3 is 0 Å². The maximum absolute atomic E-state index is 11.4. The number of nitrogens with zero attached hydrogens (tertiary/aromatic N) is 1. The van der Waals surface area contributed by atoms with Crippen molar-refractivity contribution in [3.63, 3.8) is 0 Å². The van der Waals surface area contributed by atoms with Gasteiger partial charge >= 0.3 is 0 Å². The summed E-state index contributed by atoms with van der Waals surface area (Å²) in [6, 6.07) is 14.7. The average molecular weight is 349 g/mol. The molecule has 1 amide bonds. The third-order valence-electron chi connectivity index (χ3n) is 3.28. The van der Waals surface area contributed by atoms with Gasteiger partial charge in [0.2, 0.25) is 5.91 Å². The second-order valence-electron chi connectivity index (χ2n) is 4.48. The number of anilines is 1. The standard InChI is InChI=1S/C15H12INO/c1-10(18)17(16)13-6-7-15-12(9-13)8-11-4-2-3-5-14(11)15/h2-7,9H,8H2,1H3. The average Bonchev–Trinajstić information content (AvgIpc) is 2.75. The molecule has 0 N–H and O–H groups in total. The first-order valence-electron chi connectivity index (χ1n) is 5.84. The van der Waals surface area contributed by atoms with E-state index in [9.17, 15) is 4.79 Å². The molecule has 0 unspecified atom stereocenters. The summed E-state index contributed by atoms with van der Waals surface area (Å²) in [6.45, 7) is 1.58. The number of amides is 1. The van der Waals surface area contributed by atoms with Crippen molar-refractivity contribution in [2.45, 2.75) is 13.3 Å². The number of carbonyl (C=O) groups is 1. The molecule has 0 aromatic heterocycles. The Morgan fingerprint density at radius 3 is 2.61 bits per heavy atom. The minimum Gasteiger partial charge on any atom is -0.274 e. The number of benzene rings is 2. The molecule has 2 aromatic carbocycles. The number of halogens is 1. The third-order valence-corrected chi connectivity index (χ3v) is 4.52. The highest BCUT2D eigenvalue weighted by Gasteiger charge is 2.19. The lowest BCUT2D eigenvalue weighted by Crippen LogP contribution is -2.15. The molecular formula is C15H12INO. The van der Waals surface area contributed by atoms with Gasteiger partial charge in [-0.05, 0) is 40.8 Å². The maximum atomic E-state index is 11.4. The summed E-state index contributed by atoms with van der Waals surface area (Å²) in [7, 11) is 0. The molecule has 0 aliphatic heterocycles. The molecule has 18 heavy (non-hydrogen) atoms. The van der Waals surface area contributed by atoms with Crippen LogP contribution in [-0.4, -0.2) is 5.91 Å². The van der Waals surface area contributed by atoms with Crippen LogP contribution in [0.5, 0.6) is 0 Å². The first-order chi connectivity index (χ1) is 8.66. The van der Waals surface area contributed by atoms with Crippen molar-refractivity contribution in [2.24, 2.45) is 0 Å². The SMILES string of the molecule is CC(=O)N(I)c1ccc2c(c1)Cc1ccccc1-2. The van der Waals surface area contributed by atoms with E-state index in [1.807, 2.05) is 28.9 Å². The Hall–Kier alpha value is -1.36. The lowest BCUT2D eigenvalue weighted by molar-refractivity contribution is -0.115. The second kappa shape index (κ2) is 4.39. The maximum Gasteiger partial charge on any atom is 0.232 e. The van der Waals surface area contributed by atoms with Gasteiger partial charge in [-0.2, -0.15) is 0 Å². The van der Waals surface area contributed by atoms with Gasteiger partial charge in [-0.3, -0.25) is 7.91 Å². The fourth-order valence-corrected chi connectivity index (χ4v) is 2.74. The molecule has 0 saturated carbocycles. The van der Waals surface area contributed by atoms with Crippen molar-refractivity contribution in [3.05, 3.63) is 53.6 Å². The summed E-state index contributed by atoms with van der Waals surface area (Å²) in [4.78, 5) is 11.4. The largest absolute Gasteiger partial charge is 0.274 e. The first kappa shape index (κ1) is 11.7. The summed E-state index contributed by atoms with van der Waals surface area (Å²) in [5.41, 5.74) is 6.24. The summed E-state index contributed by atoms with van der Waals surface area (Å²) in [5.74, 6) is 0.0473. The molecule has 0 spiro atoms. The predicted octanol–water partition coefficient (Wildman–Crippen LogP) is 3.96. The Morgan fingerprint density at radius 2 is 1.83 bits per heavy atom. The number of hydrogen-bond acceptors (Lipinski definition) is 1. The van der Waals surface area contributed by atoms with Crippen LogP contribution in [0, 0.1) is 0 Å². The molecule has 0 fully saturated rings. The van der Waals surface area contributed by atoms with Crippen molar-refractivity contribution in [1.29, 1.82) is 0 Å². The third kappa shape index (κ3) is 1.82. The summed E-state index contributed by atoms with van der Waals surface area (Å²) >= 11 is 2.05. The van der Waals surface area contributed by atoms with Gasteiger partial charge in [0.05, 0.1) is 28.6 Å². The predicted molar refractivity (Wildman–Crippen MR) is 81.9 cm³/mol. The normalized spacial score (nSPS) is 11.9. The molecule has 3 heteroatoms. The van der Waals surface area contributed by atoms with Gasteiger partial charge in [-0.15, -0.1) is 0 Å². The lowest BCUT2D eigenvalue weighted by atomic mass is 10.1. The number of rotatable bonds is 1. The van der Waals surface area contributed by atoms with Crippen LogP contribution in [0.1, 0.15) is 18.1 Å². The van der Waals surface area contributed by atoms with Gasteiger partial charge in [-0.1, -0.05) is 30.3 Å². The van der Waals surface area contributed by atoms with Gasteiger partial charge in [0.25, 0.3) is 0 Å². The van der Waals surface area contributed by atoms with Crippen LogP contribution in [-0.2, 0) is 11.2 Å². The van der Waals surface area contributed by atoms with Crippen molar-refractivity contribution in [1.82, 2.24) is 0 Å². The molecular weight excluding hydrogens is 337 g/mol. The van der Waals surface area contributed by atoms with Crippen LogP contribution in [0.25, 0.3) is 11.1 Å². The minimum absolute atomic E-state index is 0.0473. The van der Waals surface area contributed by atoms with Crippen LogP contribution in [0.2, 0.25) is 0 Å². The zero-order valence-corrected chi connectivity index (χ0v) is 12.1. The Morgan fingerprint density at radius 1 is 1.11 bits per heavy atom. The Bertz CT molecular complexity index is 636. The van der Waals surface area contributed by atoms with E-state index in [0.29, 0.717) is 0 Å². The van der Waals surface area contributed by atoms with Gasteiger partial charge in [-0.25, -0.2) is 0 Å². The molecule has 1 aliphatic rings. The van der Waals surface area contributed by atoms with Crippen LogP contribution < -0.4 is 3.11 Å². The lowest BCUT2D eigenvalue weighted by Gasteiger charge is -2.13. The fourth-order valence-electron chi connectivity index (χ4n) is 2.44. The number of fused-ring (bicyclic) bond motifs is 3. The molecule has 2 nitrogen and oxygen atoms in total. The van der Waals surface area contributed by atoms with Gasteiger partial charge in [0, 0.05) is 6.92 Å². The zero-order chi connectivity index (χ0) is 12.7. The molecule has 0 heterocycles. The smallest absolute Gasteiger partial charge is 0.232 e. The summed E-state index contributed by atoms with van der Waals surface area (Å²) < 4.78 is 1.65. The van der Waals surface area contributed by atoms with Gasteiger partial charge in [0.1, 0.15) is 0 Å². The number of hydrogen-bond donors (Lipinski definition) is 0. The molecule has 3 rings (SSSR count). The molecule has 0 saturated heterocycles. The van der Waals surface area contributed by atoms with E-state index in [2.05, 4.69) is 36.4 Å². The van der Waals surface area contributed by atoms with E-state index in [1.54, 1.807) is 10.0 Å². The Labute approximate surface area is 120 Å². The van der Waals surface area contributed by atoms with Crippen LogP contribution in [0.3, 0.4) is 0 Å². The van der Waals surface area contributed by atoms with E-state index >= 15 is 0 Å². The van der Waals surface area contributed by atoms with Crippen molar-refractivity contribution in [3.8, 4) is 11.1 Å². The van der Waals surface area contributed by atoms with Gasteiger partial charge in [0.15, 0.2) is 0 Å². The van der Waals surface area contributed by atoms with E-state index in [-0.39, 0.29) is 5.91 Å². The molecule has 0 bridgehead atoms. The molecule has 2 aromatic rings. The van der Waals surface area contributed by atoms with Crippen molar-refractivity contribution in [2.75, 3.05) is 3.11 Å². The molecule has 1 aliphatic carbocycles. The Kier molecular flexibility index (Phi) is 2.86. The quantitative estimate of drug-likeness (QED) is 0.481. The highest BCUT2D eigenvalue weighted by atomic mass is 127. The Balaban J connectivity index is 2.06. The molecule has 0 atom stereocenters. The monoisotopic (exact) mass is 349 g/mol. The number of carbonyl (C=O) groups excluding carboxylic acids is 1. The molecule has 90 valence electrons. The van der Waals surface area contributed by atoms with Crippen LogP contribution in [0.15, 0.2) is 42.5 Å². The van der Waals surface area contributed by atoms with Crippen molar-refractivity contribution >= 4 is 34.5 Å². The van der Waals surface area contributed by atoms with Crippen LogP contribution >= 0.6 is 22.9 Å². The topological polar surface area (TPSA) is 20.3 Å². The highest BCUT2D eigenvalue weighted by Crippen LogP contribution is 2.38. The minimum atomic E-state index is 0.0473. The highest BCUT2D eigenvalue weighted by molar-refractivity contribution is 14.1. The molecule has 0 radical (unpaired) electrons. The summed E-state index contributed by atoms with van der Waals surface area (Å²) in [6.07, 6.45) is 0.960. The van der Waals surface area contributed by atoms with E-state index in [4.69, 9.17) is 0 Å². The first-order valence-corrected chi connectivity index (χ1v) is 6.81.